The number of aromatic nitrogens is 1. The first-order chi connectivity index (χ1) is 12.5. The van der Waals surface area contributed by atoms with Crippen LogP contribution in [0.25, 0.3) is 0 Å². The van der Waals surface area contributed by atoms with Crippen molar-refractivity contribution in [2.75, 3.05) is 18.4 Å². The van der Waals surface area contributed by atoms with E-state index in [1.807, 2.05) is 24.8 Å². The lowest BCUT2D eigenvalue weighted by Crippen LogP contribution is -2.35. The van der Waals surface area contributed by atoms with Crippen LogP contribution in [0.4, 0.5) is 5.69 Å². The highest BCUT2D eigenvalue weighted by Crippen LogP contribution is 2.27. The van der Waals surface area contributed by atoms with Crippen molar-refractivity contribution in [3.05, 3.63) is 57.9 Å². The van der Waals surface area contributed by atoms with E-state index in [0.29, 0.717) is 21.8 Å². The van der Waals surface area contributed by atoms with Gasteiger partial charge in [-0.3, -0.25) is 14.6 Å². The summed E-state index contributed by atoms with van der Waals surface area (Å²) in [5.74, 6) is -0.406. The van der Waals surface area contributed by atoms with Gasteiger partial charge in [-0.1, -0.05) is 17.7 Å². The molecule has 1 aliphatic rings. The number of nitrogens with zero attached hydrogens (tertiary/aromatic N) is 2. The first-order valence-electron chi connectivity index (χ1n) is 8.78. The van der Waals surface area contributed by atoms with Crippen LogP contribution >= 0.6 is 11.6 Å². The fourth-order valence-corrected chi connectivity index (χ4v) is 3.59. The summed E-state index contributed by atoms with van der Waals surface area (Å²) in [6.45, 7) is 5.36. The van der Waals surface area contributed by atoms with Gasteiger partial charge < -0.3 is 10.2 Å². The van der Waals surface area contributed by atoms with E-state index in [0.717, 1.165) is 43.5 Å². The second-order valence-electron chi connectivity index (χ2n) is 6.71. The first-order valence-corrected chi connectivity index (χ1v) is 9.16. The average molecular weight is 372 g/mol. The second-order valence-corrected chi connectivity index (χ2v) is 7.12. The fraction of sp³-hybridized carbons (Fsp3) is 0.350. The third kappa shape index (κ3) is 4.05. The molecule has 5 nitrogen and oxygen atoms in total. The molecule has 0 bridgehead atoms. The van der Waals surface area contributed by atoms with Crippen LogP contribution in [0.2, 0.25) is 5.02 Å². The molecule has 2 heterocycles. The van der Waals surface area contributed by atoms with Gasteiger partial charge in [0.1, 0.15) is 0 Å². The number of nitrogens with one attached hydrogen (secondary N) is 1. The SMILES string of the molecule is Cc1cc(C)c(NC(=O)c2cncc(C(=O)N3CCCCC3)c2)c(Cl)c1. The highest BCUT2D eigenvalue weighted by atomic mass is 35.5. The number of rotatable bonds is 3. The number of amides is 2. The Labute approximate surface area is 158 Å². The molecule has 3 rings (SSSR count). The fourth-order valence-electron chi connectivity index (χ4n) is 3.22. The van der Waals surface area contributed by atoms with Crippen LogP contribution in [0.5, 0.6) is 0 Å². The monoisotopic (exact) mass is 371 g/mol. The molecule has 1 saturated heterocycles. The van der Waals surface area contributed by atoms with Gasteiger partial charge in [0.2, 0.25) is 0 Å². The molecule has 26 heavy (non-hydrogen) atoms. The van der Waals surface area contributed by atoms with Crippen LogP contribution in [-0.2, 0) is 0 Å². The number of carbonyl (C=O) groups is 2. The molecule has 0 aliphatic carbocycles. The molecule has 1 aromatic heterocycles. The van der Waals surface area contributed by atoms with Crippen LogP contribution in [0.3, 0.4) is 0 Å². The van der Waals surface area contributed by atoms with E-state index in [1.165, 1.54) is 12.4 Å². The molecule has 1 fully saturated rings. The van der Waals surface area contributed by atoms with Gasteiger partial charge in [0.25, 0.3) is 11.8 Å². The van der Waals surface area contributed by atoms with Crippen LogP contribution in [0, 0.1) is 13.8 Å². The molecule has 1 N–H and O–H groups in total. The van der Waals surface area contributed by atoms with Crippen molar-refractivity contribution in [2.45, 2.75) is 33.1 Å². The van der Waals surface area contributed by atoms with Gasteiger partial charge >= 0.3 is 0 Å². The third-order valence-corrected chi connectivity index (χ3v) is 4.86. The van der Waals surface area contributed by atoms with Crippen molar-refractivity contribution in [1.82, 2.24) is 9.88 Å². The zero-order valence-electron chi connectivity index (χ0n) is 15.0. The molecule has 1 aromatic carbocycles. The molecule has 6 heteroatoms. The number of benzene rings is 1. The molecule has 2 amide bonds. The summed E-state index contributed by atoms with van der Waals surface area (Å²) in [6.07, 6.45) is 6.16. The van der Waals surface area contributed by atoms with E-state index in [1.54, 1.807) is 12.1 Å². The lowest BCUT2D eigenvalue weighted by molar-refractivity contribution is 0.0724. The van der Waals surface area contributed by atoms with Crippen molar-refractivity contribution in [3.63, 3.8) is 0 Å². The Kier molecular flexibility index (Phi) is 5.57. The van der Waals surface area contributed by atoms with Crippen molar-refractivity contribution >= 4 is 29.1 Å². The van der Waals surface area contributed by atoms with Crippen LogP contribution in [0.15, 0.2) is 30.6 Å². The zero-order valence-corrected chi connectivity index (χ0v) is 15.8. The smallest absolute Gasteiger partial charge is 0.257 e. The maximum Gasteiger partial charge on any atom is 0.257 e. The number of likely N-dealkylation sites (tertiary alicyclic amines) is 1. The Morgan fingerprint density at radius 1 is 1.04 bits per heavy atom. The molecule has 0 saturated carbocycles. The Bertz CT molecular complexity index is 822. The predicted molar refractivity (Wildman–Crippen MR) is 103 cm³/mol. The Morgan fingerprint density at radius 2 is 1.73 bits per heavy atom. The van der Waals surface area contributed by atoms with Gasteiger partial charge in [-0.2, -0.15) is 0 Å². The molecule has 0 unspecified atom stereocenters. The Morgan fingerprint density at radius 3 is 2.42 bits per heavy atom. The number of pyridine rings is 1. The first kappa shape index (κ1) is 18.4. The van der Waals surface area contributed by atoms with Gasteiger partial charge in [0, 0.05) is 25.5 Å². The molecular formula is C20H22ClN3O2. The van der Waals surface area contributed by atoms with Gasteiger partial charge in [-0.15, -0.1) is 0 Å². The summed E-state index contributed by atoms with van der Waals surface area (Å²) in [4.78, 5) is 31.1. The summed E-state index contributed by atoms with van der Waals surface area (Å²) in [5.41, 5.74) is 3.27. The summed E-state index contributed by atoms with van der Waals surface area (Å²) >= 11 is 6.26. The van der Waals surface area contributed by atoms with Crippen molar-refractivity contribution < 1.29 is 9.59 Å². The standard InChI is InChI=1S/C20H22ClN3O2/c1-13-8-14(2)18(17(21)9-13)23-19(25)15-10-16(12-22-11-15)20(26)24-6-4-3-5-7-24/h8-12H,3-7H2,1-2H3,(H,23,25). The lowest BCUT2D eigenvalue weighted by atomic mass is 10.1. The molecule has 2 aromatic rings. The molecule has 0 atom stereocenters. The summed E-state index contributed by atoms with van der Waals surface area (Å²) in [6, 6.07) is 5.35. The number of carbonyl (C=O) groups excluding carboxylic acids is 2. The van der Waals surface area contributed by atoms with Gasteiger partial charge in [0.15, 0.2) is 0 Å². The van der Waals surface area contributed by atoms with Crippen LogP contribution in [0.1, 0.15) is 51.1 Å². The predicted octanol–water partition coefficient (Wildman–Crippen LogP) is 4.23. The molecule has 0 spiro atoms. The Hall–Kier alpha value is -2.40. The zero-order chi connectivity index (χ0) is 18.7. The summed E-state index contributed by atoms with van der Waals surface area (Å²) in [7, 11) is 0. The van der Waals surface area contributed by atoms with Crippen molar-refractivity contribution in [1.29, 1.82) is 0 Å². The van der Waals surface area contributed by atoms with E-state index in [2.05, 4.69) is 10.3 Å². The minimum atomic E-state index is -0.334. The number of piperidine rings is 1. The lowest BCUT2D eigenvalue weighted by Gasteiger charge is -2.26. The maximum atomic E-state index is 12.6. The van der Waals surface area contributed by atoms with Crippen LogP contribution < -0.4 is 5.32 Å². The number of hydrogen-bond donors (Lipinski definition) is 1. The van der Waals surface area contributed by atoms with E-state index < -0.39 is 0 Å². The Balaban J connectivity index is 1.79. The topological polar surface area (TPSA) is 62.3 Å². The van der Waals surface area contributed by atoms with Crippen molar-refractivity contribution in [3.8, 4) is 0 Å². The largest absolute Gasteiger partial charge is 0.339 e. The third-order valence-electron chi connectivity index (χ3n) is 4.56. The summed E-state index contributed by atoms with van der Waals surface area (Å²) < 4.78 is 0. The van der Waals surface area contributed by atoms with Gasteiger partial charge in [0.05, 0.1) is 21.8 Å². The summed E-state index contributed by atoms with van der Waals surface area (Å²) in [5, 5.41) is 3.32. The minimum Gasteiger partial charge on any atom is -0.339 e. The number of hydrogen-bond acceptors (Lipinski definition) is 3. The number of aryl methyl sites for hydroxylation is 2. The molecule has 1 aliphatic heterocycles. The van der Waals surface area contributed by atoms with E-state index in [9.17, 15) is 9.59 Å². The quantitative estimate of drug-likeness (QED) is 0.878. The van der Waals surface area contributed by atoms with Gasteiger partial charge in [-0.05, 0) is 56.4 Å². The van der Waals surface area contributed by atoms with E-state index in [4.69, 9.17) is 11.6 Å². The minimum absolute atomic E-state index is 0.0728. The van der Waals surface area contributed by atoms with E-state index >= 15 is 0 Å². The molecule has 136 valence electrons. The average Bonchev–Trinajstić information content (AvgIpc) is 2.64. The molecular weight excluding hydrogens is 350 g/mol. The highest BCUT2D eigenvalue weighted by molar-refractivity contribution is 6.34. The maximum absolute atomic E-state index is 12.6. The number of anilines is 1. The van der Waals surface area contributed by atoms with Crippen LogP contribution in [-0.4, -0.2) is 34.8 Å². The van der Waals surface area contributed by atoms with E-state index in [-0.39, 0.29) is 11.8 Å². The normalized spacial score (nSPS) is 14.2. The number of halogens is 1. The van der Waals surface area contributed by atoms with Gasteiger partial charge in [-0.25, -0.2) is 0 Å². The molecule has 0 radical (unpaired) electrons. The second kappa shape index (κ2) is 7.87. The highest BCUT2D eigenvalue weighted by Gasteiger charge is 2.20. The van der Waals surface area contributed by atoms with Crippen molar-refractivity contribution in [2.24, 2.45) is 0 Å².